The number of nitrogens with one attached hydrogen (secondary N) is 2. The predicted octanol–water partition coefficient (Wildman–Crippen LogP) is 0.719. The van der Waals surface area contributed by atoms with E-state index in [2.05, 4.69) is 17.6 Å². The van der Waals surface area contributed by atoms with Crippen LogP contribution in [0.4, 0.5) is 4.79 Å². The van der Waals surface area contributed by atoms with E-state index in [9.17, 15) is 9.59 Å². The van der Waals surface area contributed by atoms with Crippen LogP contribution in [0, 0.1) is 0 Å². The number of unbranched alkanes of at least 4 members (excludes halogenated alkanes) is 2. The van der Waals surface area contributed by atoms with Gasteiger partial charge in [0.1, 0.15) is 0 Å². The van der Waals surface area contributed by atoms with E-state index < -0.39 is 17.5 Å². The summed E-state index contributed by atoms with van der Waals surface area (Å²) in [5, 5.41) is 14.2. The van der Waals surface area contributed by atoms with Gasteiger partial charge in [-0.3, -0.25) is 0 Å². The molecule has 98 valence electrons. The van der Waals surface area contributed by atoms with E-state index in [1.54, 1.807) is 0 Å². The topological polar surface area (TPSA) is 87.7 Å². The van der Waals surface area contributed by atoms with E-state index in [1.807, 2.05) is 0 Å². The van der Waals surface area contributed by atoms with Gasteiger partial charge in [0.25, 0.3) is 0 Å². The van der Waals surface area contributed by atoms with Crippen molar-refractivity contribution in [1.29, 1.82) is 0 Å². The van der Waals surface area contributed by atoms with E-state index in [-0.39, 0.29) is 6.61 Å². The second kappa shape index (κ2) is 6.44. The summed E-state index contributed by atoms with van der Waals surface area (Å²) in [5.41, 5.74) is -1.26. The van der Waals surface area contributed by atoms with Crippen molar-refractivity contribution in [2.75, 3.05) is 19.8 Å². The third-order valence-electron chi connectivity index (χ3n) is 2.85. The van der Waals surface area contributed by atoms with E-state index in [0.717, 1.165) is 19.3 Å². The zero-order valence-electron chi connectivity index (χ0n) is 10.1. The molecular weight excluding hydrogens is 224 g/mol. The van der Waals surface area contributed by atoms with Gasteiger partial charge < -0.3 is 20.5 Å². The molecule has 0 aromatic heterocycles. The van der Waals surface area contributed by atoms with Crippen LogP contribution >= 0.6 is 0 Å². The normalized spacial score (nSPS) is 23.4. The highest BCUT2D eigenvalue weighted by Gasteiger charge is 2.43. The number of aliphatic carboxylic acids is 1. The smallest absolute Gasteiger partial charge is 0.332 e. The summed E-state index contributed by atoms with van der Waals surface area (Å²) >= 11 is 0. The maximum absolute atomic E-state index is 11.5. The summed E-state index contributed by atoms with van der Waals surface area (Å²) in [5.74, 6) is -1.04. The van der Waals surface area contributed by atoms with Crippen LogP contribution in [-0.2, 0) is 9.53 Å². The van der Waals surface area contributed by atoms with Crippen LogP contribution in [0.2, 0.25) is 0 Å². The van der Waals surface area contributed by atoms with E-state index in [4.69, 9.17) is 9.84 Å². The molecule has 0 aromatic rings. The Balaban J connectivity index is 2.35. The van der Waals surface area contributed by atoms with Crippen LogP contribution < -0.4 is 10.6 Å². The van der Waals surface area contributed by atoms with Crippen molar-refractivity contribution in [1.82, 2.24) is 10.6 Å². The SMILES string of the molecule is CCCCCNC(=O)NC1(C(=O)O)CCOC1. The maximum atomic E-state index is 11.5. The highest BCUT2D eigenvalue weighted by molar-refractivity contribution is 5.86. The Hall–Kier alpha value is -1.30. The molecule has 2 amide bonds. The van der Waals surface area contributed by atoms with Gasteiger partial charge in [0.2, 0.25) is 0 Å². The minimum absolute atomic E-state index is 0.0325. The molecule has 6 nitrogen and oxygen atoms in total. The number of carbonyl (C=O) groups is 2. The third-order valence-corrected chi connectivity index (χ3v) is 2.85. The summed E-state index contributed by atoms with van der Waals surface area (Å²) in [4.78, 5) is 22.6. The number of rotatable bonds is 6. The fourth-order valence-corrected chi connectivity index (χ4v) is 1.72. The summed E-state index contributed by atoms with van der Waals surface area (Å²) < 4.78 is 5.04. The lowest BCUT2D eigenvalue weighted by Crippen LogP contribution is -2.57. The first-order chi connectivity index (χ1) is 8.10. The second-order valence-electron chi connectivity index (χ2n) is 4.28. The molecule has 17 heavy (non-hydrogen) atoms. The van der Waals surface area contributed by atoms with Crippen LogP contribution in [0.25, 0.3) is 0 Å². The Labute approximate surface area is 101 Å². The standard InChI is InChI=1S/C11H20N2O4/c1-2-3-4-6-12-10(16)13-11(9(14)15)5-7-17-8-11/h2-8H2,1H3,(H,14,15)(H2,12,13,16). The predicted molar refractivity (Wildman–Crippen MR) is 61.9 cm³/mol. The van der Waals surface area contributed by atoms with E-state index >= 15 is 0 Å². The first kappa shape index (κ1) is 13.8. The van der Waals surface area contributed by atoms with Crippen molar-refractivity contribution < 1.29 is 19.4 Å². The number of amides is 2. The van der Waals surface area contributed by atoms with E-state index in [0.29, 0.717) is 19.6 Å². The molecule has 0 aliphatic carbocycles. The van der Waals surface area contributed by atoms with Crippen LogP contribution in [0.5, 0.6) is 0 Å². The highest BCUT2D eigenvalue weighted by atomic mass is 16.5. The van der Waals surface area contributed by atoms with Gasteiger partial charge in [0.15, 0.2) is 5.54 Å². The molecule has 1 unspecified atom stereocenters. The average Bonchev–Trinajstić information content (AvgIpc) is 2.74. The van der Waals surface area contributed by atoms with Crippen molar-refractivity contribution >= 4 is 12.0 Å². The molecule has 1 fully saturated rings. The average molecular weight is 244 g/mol. The lowest BCUT2D eigenvalue weighted by Gasteiger charge is -2.23. The number of ether oxygens (including phenoxy) is 1. The van der Waals surface area contributed by atoms with Gasteiger partial charge in [-0.05, 0) is 6.42 Å². The minimum atomic E-state index is -1.26. The zero-order valence-corrected chi connectivity index (χ0v) is 10.1. The number of carbonyl (C=O) groups excluding carboxylic acids is 1. The van der Waals surface area contributed by atoms with Gasteiger partial charge in [0, 0.05) is 19.6 Å². The van der Waals surface area contributed by atoms with Crippen molar-refractivity contribution in [3.8, 4) is 0 Å². The molecule has 0 spiro atoms. The molecule has 6 heteroatoms. The number of carboxylic acids is 1. The number of urea groups is 1. The largest absolute Gasteiger partial charge is 0.479 e. The quantitative estimate of drug-likeness (QED) is 0.601. The van der Waals surface area contributed by atoms with Gasteiger partial charge in [-0.1, -0.05) is 19.8 Å². The summed E-state index contributed by atoms with van der Waals surface area (Å²) in [6.07, 6.45) is 3.34. The van der Waals surface area contributed by atoms with Gasteiger partial charge in [-0.15, -0.1) is 0 Å². The van der Waals surface area contributed by atoms with Crippen LogP contribution in [0.15, 0.2) is 0 Å². The van der Waals surface area contributed by atoms with Gasteiger partial charge in [0.05, 0.1) is 6.61 Å². The fourth-order valence-electron chi connectivity index (χ4n) is 1.72. The number of carboxylic acid groups (broad SMARTS) is 1. The molecule has 1 aliphatic heterocycles. The second-order valence-corrected chi connectivity index (χ2v) is 4.28. The summed E-state index contributed by atoms with van der Waals surface area (Å²) in [7, 11) is 0. The molecule has 1 atom stereocenters. The lowest BCUT2D eigenvalue weighted by atomic mass is 9.99. The highest BCUT2D eigenvalue weighted by Crippen LogP contribution is 2.18. The van der Waals surface area contributed by atoms with Gasteiger partial charge >= 0.3 is 12.0 Å². The molecule has 1 rings (SSSR count). The third kappa shape index (κ3) is 3.89. The van der Waals surface area contributed by atoms with Crippen molar-refractivity contribution in [2.45, 2.75) is 38.1 Å². The molecule has 1 heterocycles. The van der Waals surface area contributed by atoms with E-state index in [1.165, 1.54) is 0 Å². The summed E-state index contributed by atoms with van der Waals surface area (Å²) in [6.45, 7) is 3.04. The Morgan fingerprint density at radius 1 is 1.41 bits per heavy atom. The Bertz CT molecular complexity index is 275. The maximum Gasteiger partial charge on any atom is 0.332 e. The lowest BCUT2D eigenvalue weighted by molar-refractivity contribution is -0.144. The first-order valence-corrected chi connectivity index (χ1v) is 5.98. The molecule has 1 aliphatic rings. The van der Waals surface area contributed by atoms with Crippen molar-refractivity contribution in [2.24, 2.45) is 0 Å². The molecule has 1 saturated heterocycles. The number of hydrogen-bond acceptors (Lipinski definition) is 3. The molecule has 0 saturated carbocycles. The van der Waals surface area contributed by atoms with Crippen LogP contribution in [-0.4, -0.2) is 42.4 Å². The molecular formula is C11H20N2O4. The van der Waals surface area contributed by atoms with Crippen molar-refractivity contribution in [3.05, 3.63) is 0 Å². The van der Waals surface area contributed by atoms with Gasteiger partial charge in [-0.25, -0.2) is 9.59 Å². The van der Waals surface area contributed by atoms with Crippen LogP contribution in [0.3, 0.4) is 0 Å². The Morgan fingerprint density at radius 2 is 2.18 bits per heavy atom. The first-order valence-electron chi connectivity index (χ1n) is 5.98. The molecule has 3 N–H and O–H groups in total. The molecule has 0 bridgehead atoms. The molecule has 0 radical (unpaired) electrons. The summed E-state index contributed by atoms with van der Waals surface area (Å²) in [6, 6.07) is -0.436. The molecule has 0 aromatic carbocycles. The number of hydrogen-bond donors (Lipinski definition) is 3. The van der Waals surface area contributed by atoms with Gasteiger partial charge in [-0.2, -0.15) is 0 Å². The fraction of sp³-hybridized carbons (Fsp3) is 0.818. The van der Waals surface area contributed by atoms with Crippen molar-refractivity contribution in [3.63, 3.8) is 0 Å². The Kier molecular flexibility index (Phi) is 5.21. The Morgan fingerprint density at radius 3 is 2.71 bits per heavy atom. The minimum Gasteiger partial charge on any atom is -0.479 e. The zero-order chi connectivity index (χ0) is 12.7. The monoisotopic (exact) mass is 244 g/mol. The van der Waals surface area contributed by atoms with Crippen LogP contribution in [0.1, 0.15) is 32.6 Å².